The Balaban J connectivity index is 1.96. The number of carbonyl (C=O) groups excluding carboxylic acids is 1. The molecule has 1 aliphatic heterocycles. The molecule has 3 rings (SSSR count). The number of aryl methyl sites for hydroxylation is 1. The van der Waals surface area contributed by atoms with Crippen molar-refractivity contribution >= 4 is 35.0 Å². The molecule has 0 fully saturated rings. The molecule has 0 spiro atoms. The molecule has 1 amide bonds. The zero-order valence-electron chi connectivity index (χ0n) is 12.4. The second-order valence-corrected chi connectivity index (χ2v) is 5.61. The van der Waals surface area contributed by atoms with Gasteiger partial charge < -0.3 is 0 Å². The van der Waals surface area contributed by atoms with Crippen LogP contribution in [0.15, 0.2) is 59.2 Å². The van der Waals surface area contributed by atoms with E-state index in [0.717, 1.165) is 11.1 Å². The lowest BCUT2D eigenvalue weighted by Gasteiger charge is -2.12. The van der Waals surface area contributed by atoms with E-state index < -0.39 is 0 Å². The van der Waals surface area contributed by atoms with E-state index in [-0.39, 0.29) is 5.91 Å². The van der Waals surface area contributed by atoms with Crippen LogP contribution in [0.4, 0.5) is 5.69 Å². The normalized spacial score (nSPS) is 16.3. The number of amides is 1. The molecule has 22 heavy (non-hydrogen) atoms. The van der Waals surface area contributed by atoms with E-state index in [1.54, 1.807) is 6.07 Å². The maximum Gasteiger partial charge on any atom is 0.280 e. The van der Waals surface area contributed by atoms with Crippen molar-refractivity contribution in [2.24, 2.45) is 5.10 Å². The molecule has 4 heteroatoms. The molecule has 1 heterocycles. The Hall–Kier alpha value is -2.39. The summed E-state index contributed by atoms with van der Waals surface area (Å²) in [7, 11) is 0. The first-order valence-corrected chi connectivity index (χ1v) is 7.37. The zero-order valence-corrected chi connectivity index (χ0v) is 13.1. The fourth-order valence-electron chi connectivity index (χ4n) is 2.29. The molecule has 0 bridgehead atoms. The Morgan fingerprint density at radius 3 is 2.50 bits per heavy atom. The second-order valence-electron chi connectivity index (χ2n) is 5.20. The average molecular weight is 311 g/mol. The van der Waals surface area contributed by atoms with E-state index >= 15 is 0 Å². The highest BCUT2D eigenvalue weighted by Gasteiger charge is 2.28. The quantitative estimate of drug-likeness (QED) is 0.754. The van der Waals surface area contributed by atoms with Crippen LogP contribution in [-0.4, -0.2) is 11.6 Å². The van der Waals surface area contributed by atoms with Crippen LogP contribution in [0.3, 0.4) is 0 Å². The number of hydrogen-bond donors (Lipinski definition) is 0. The summed E-state index contributed by atoms with van der Waals surface area (Å²) in [4.78, 5) is 12.6. The van der Waals surface area contributed by atoms with Crippen molar-refractivity contribution in [1.29, 1.82) is 0 Å². The minimum Gasteiger partial charge on any atom is -0.267 e. The van der Waals surface area contributed by atoms with Crippen LogP contribution in [0.1, 0.15) is 18.1 Å². The Kier molecular flexibility index (Phi) is 3.82. The molecule has 0 unspecified atom stereocenters. The molecule has 0 N–H and O–H groups in total. The van der Waals surface area contributed by atoms with E-state index in [1.165, 1.54) is 5.01 Å². The lowest BCUT2D eigenvalue weighted by atomic mass is 10.1. The van der Waals surface area contributed by atoms with Gasteiger partial charge in [0.2, 0.25) is 0 Å². The number of hydrogen-bond acceptors (Lipinski definition) is 2. The summed E-state index contributed by atoms with van der Waals surface area (Å²) < 4.78 is 0. The Bertz CT molecular complexity index is 794. The number of nitrogens with zero attached hydrogens (tertiary/aromatic N) is 2. The van der Waals surface area contributed by atoms with E-state index in [4.69, 9.17) is 11.6 Å². The van der Waals surface area contributed by atoms with Crippen molar-refractivity contribution in [2.45, 2.75) is 13.8 Å². The number of hydrazone groups is 1. The van der Waals surface area contributed by atoms with Gasteiger partial charge in [-0.15, -0.1) is 0 Å². The van der Waals surface area contributed by atoms with Crippen LogP contribution >= 0.6 is 11.6 Å². The number of carbonyl (C=O) groups is 1. The van der Waals surface area contributed by atoms with E-state index in [1.807, 2.05) is 62.4 Å². The molecule has 2 aromatic rings. The molecular formula is C18H15ClN2O. The van der Waals surface area contributed by atoms with Crippen LogP contribution in [0.5, 0.6) is 0 Å². The van der Waals surface area contributed by atoms with Gasteiger partial charge in [0, 0.05) is 5.02 Å². The van der Waals surface area contributed by atoms with Gasteiger partial charge in [-0.2, -0.15) is 10.1 Å². The minimum atomic E-state index is -0.138. The van der Waals surface area contributed by atoms with Crippen molar-refractivity contribution in [2.75, 3.05) is 5.01 Å². The Labute approximate surface area is 134 Å². The van der Waals surface area contributed by atoms with Crippen LogP contribution in [0.25, 0.3) is 6.08 Å². The number of halogens is 1. The summed E-state index contributed by atoms with van der Waals surface area (Å²) >= 11 is 6.14. The van der Waals surface area contributed by atoms with Crippen molar-refractivity contribution in [1.82, 2.24) is 0 Å². The van der Waals surface area contributed by atoms with Crippen LogP contribution < -0.4 is 5.01 Å². The summed E-state index contributed by atoms with van der Waals surface area (Å²) in [6.07, 6.45) is 1.86. The number of rotatable bonds is 2. The van der Waals surface area contributed by atoms with Crippen molar-refractivity contribution in [3.05, 3.63) is 70.3 Å². The molecule has 0 saturated carbocycles. The monoisotopic (exact) mass is 310 g/mol. The molecule has 0 atom stereocenters. The fourth-order valence-corrected chi connectivity index (χ4v) is 2.46. The topological polar surface area (TPSA) is 32.7 Å². The first kappa shape index (κ1) is 14.5. The third-order valence-electron chi connectivity index (χ3n) is 3.57. The van der Waals surface area contributed by atoms with Gasteiger partial charge in [-0.1, -0.05) is 48.0 Å². The van der Waals surface area contributed by atoms with E-state index in [0.29, 0.717) is 22.0 Å². The van der Waals surface area contributed by atoms with E-state index in [9.17, 15) is 4.79 Å². The summed E-state index contributed by atoms with van der Waals surface area (Å²) in [6.45, 7) is 3.76. The SMILES string of the molecule is CC1=NN(c2ccc(C)c(Cl)c2)C(=O)C1=Cc1ccccc1. The maximum atomic E-state index is 12.6. The van der Waals surface area contributed by atoms with Gasteiger partial charge in [-0.3, -0.25) is 4.79 Å². The predicted octanol–water partition coefficient (Wildman–Crippen LogP) is 4.45. The third-order valence-corrected chi connectivity index (χ3v) is 3.98. The maximum absolute atomic E-state index is 12.6. The molecular weight excluding hydrogens is 296 g/mol. The first-order valence-electron chi connectivity index (χ1n) is 6.99. The van der Waals surface area contributed by atoms with Crippen molar-refractivity contribution < 1.29 is 4.79 Å². The Morgan fingerprint density at radius 1 is 1.09 bits per heavy atom. The fraction of sp³-hybridized carbons (Fsp3) is 0.111. The molecule has 0 aliphatic carbocycles. The van der Waals surface area contributed by atoms with Gasteiger partial charge >= 0.3 is 0 Å². The van der Waals surface area contributed by atoms with Crippen molar-refractivity contribution in [3.8, 4) is 0 Å². The number of anilines is 1. The standard InChI is InChI=1S/C18H15ClN2O/c1-12-8-9-15(11-17(12)19)21-18(22)16(13(2)20-21)10-14-6-4-3-5-7-14/h3-11H,1-2H3. The summed E-state index contributed by atoms with van der Waals surface area (Å²) in [5.41, 5.74) is 3.92. The molecule has 1 aliphatic rings. The molecule has 0 aromatic heterocycles. The highest BCUT2D eigenvalue weighted by Crippen LogP contribution is 2.28. The summed E-state index contributed by atoms with van der Waals surface area (Å²) in [6, 6.07) is 15.2. The van der Waals surface area contributed by atoms with Crippen LogP contribution in [0, 0.1) is 6.92 Å². The Morgan fingerprint density at radius 2 is 1.82 bits per heavy atom. The molecule has 0 radical (unpaired) electrons. The van der Waals surface area contributed by atoms with Crippen molar-refractivity contribution in [3.63, 3.8) is 0 Å². The van der Waals surface area contributed by atoms with Gasteiger partial charge in [0.05, 0.1) is 17.0 Å². The van der Waals surface area contributed by atoms with Gasteiger partial charge in [-0.25, -0.2) is 0 Å². The lowest BCUT2D eigenvalue weighted by Crippen LogP contribution is -2.21. The lowest BCUT2D eigenvalue weighted by molar-refractivity contribution is -0.114. The molecule has 0 saturated heterocycles. The molecule has 3 nitrogen and oxygen atoms in total. The minimum absolute atomic E-state index is 0.138. The van der Waals surface area contributed by atoms with Gasteiger partial charge in [0.15, 0.2) is 0 Å². The molecule has 110 valence electrons. The van der Waals surface area contributed by atoms with Crippen LogP contribution in [0.2, 0.25) is 5.02 Å². The van der Waals surface area contributed by atoms with Gasteiger partial charge in [0.25, 0.3) is 5.91 Å². The number of benzene rings is 2. The van der Waals surface area contributed by atoms with E-state index in [2.05, 4.69) is 5.10 Å². The highest BCUT2D eigenvalue weighted by molar-refractivity contribution is 6.33. The van der Waals surface area contributed by atoms with Crippen LogP contribution in [-0.2, 0) is 4.79 Å². The molecule has 2 aromatic carbocycles. The van der Waals surface area contributed by atoms with Gasteiger partial charge in [0.1, 0.15) is 0 Å². The summed E-state index contributed by atoms with van der Waals surface area (Å²) in [5.74, 6) is -0.138. The predicted molar refractivity (Wildman–Crippen MR) is 91.2 cm³/mol. The van der Waals surface area contributed by atoms with Gasteiger partial charge in [-0.05, 0) is 43.2 Å². The third kappa shape index (κ3) is 2.68. The summed E-state index contributed by atoms with van der Waals surface area (Å²) in [5, 5.41) is 6.38. The highest BCUT2D eigenvalue weighted by atomic mass is 35.5. The smallest absolute Gasteiger partial charge is 0.267 e. The average Bonchev–Trinajstić information content (AvgIpc) is 2.79. The largest absolute Gasteiger partial charge is 0.280 e. The second kappa shape index (κ2) is 5.78. The first-order chi connectivity index (χ1) is 10.6. The zero-order chi connectivity index (χ0) is 15.7.